The summed E-state index contributed by atoms with van der Waals surface area (Å²) in [5, 5.41) is 3.34. The number of carbonyl (C=O) groups is 2. The molecule has 1 N–H and O–H groups in total. The topological polar surface area (TPSA) is 86.8 Å². The molecule has 3 aromatic carbocycles. The van der Waals surface area contributed by atoms with Gasteiger partial charge in [0.05, 0.1) is 11.9 Å². The molecule has 0 aliphatic rings. The third kappa shape index (κ3) is 8.83. The number of nitrogens with zero attached hydrogens (tertiary/aromatic N) is 2. The van der Waals surface area contributed by atoms with Crippen molar-refractivity contribution in [2.75, 3.05) is 23.7 Å². The van der Waals surface area contributed by atoms with E-state index in [4.69, 9.17) is 11.6 Å². The van der Waals surface area contributed by atoms with Crippen molar-refractivity contribution in [2.24, 2.45) is 5.92 Å². The number of hydrogen-bond acceptors (Lipinski definition) is 4. The van der Waals surface area contributed by atoms with Crippen molar-refractivity contribution in [3.8, 4) is 0 Å². The number of halogens is 1. The zero-order chi connectivity index (χ0) is 29.4. The summed E-state index contributed by atoms with van der Waals surface area (Å²) >= 11 is 6.20. The Morgan fingerprint density at radius 1 is 0.925 bits per heavy atom. The minimum absolute atomic E-state index is 0.138. The summed E-state index contributed by atoms with van der Waals surface area (Å²) in [6.45, 7) is 7.83. The van der Waals surface area contributed by atoms with Crippen molar-refractivity contribution in [1.29, 1.82) is 0 Å². The fourth-order valence-corrected chi connectivity index (χ4v) is 5.49. The molecule has 40 heavy (non-hydrogen) atoms. The van der Waals surface area contributed by atoms with Crippen LogP contribution >= 0.6 is 11.6 Å². The highest BCUT2D eigenvalue weighted by Crippen LogP contribution is 2.27. The van der Waals surface area contributed by atoms with Crippen LogP contribution in [0.2, 0.25) is 5.02 Å². The number of nitrogens with one attached hydrogen (secondary N) is 1. The Kier molecular flexibility index (Phi) is 10.8. The molecule has 214 valence electrons. The third-order valence-corrected chi connectivity index (χ3v) is 7.87. The number of rotatable bonds is 12. The van der Waals surface area contributed by atoms with Crippen molar-refractivity contribution in [3.05, 3.63) is 100 Å². The van der Waals surface area contributed by atoms with Crippen molar-refractivity contribution in [1.82, 2.24) is 10.2 Å². The van der Waals surface area contributed by atoms with E-state index < -0.39 is 28.5 Å². The molecule has 0 fully saturated rings. The highest BCUT2D eigenvalue weighted by molar-refractivity contribution is 7.92. The quantitative estimate of drug-likeness (QED) is 0.320. The van der Waals surface area contributed by atoms with Crippen LogP contribution in [0, 0.1) is 19.8 Å². The van der Waals surface area contributed by atoms with Crippen LogP contribution in [0.25, 0.3) is 0 Å². The molecule has 0 bridgehead atoms. The molecule has 0 aliphatic heterocycles. The molecule has 3 rings (SSSR count). The molecule has 0 aliphatic carbocycles. The first kappa shape index (κ1) is 31.2. The van der Waals surface area contributed by atoms with Gasteiger partial charge in [0.2, 0.25) is 21.8 Å². The molecule has 2 amide bonds. The van der Waals surface area contributed by atoms with E-state index >= 15 is 0 Å². The lowest BCUT2D eigenvalue weighted by molar-refractivity contribution is -0.140. The number of sulfonamides is 1. The van der Waals surface area contributed by atoms with E-state index in [0.29, 0.717) is 22.8 Å². The molecule has 0 saturated carbocycles. The van der Waals surface area contributed by atoms with E-state index in [0.717, 1.165) is 27.3 Å². The van der Waals surface area contributed by atoms with Gasteiger partial charge in [-0.05, 0) is 48.6 Å². The van der Waals surface area contributed by atoms with E-state index in [2.05, 4.69) is 5.32 Å². The van der Waals surface area contributed by atoms with Crippen molar-refractivity contribution in [3.63, 3.8) is 0 Å². The molecule has 0 saturated heterocycles. The first-order valence-electron chi connectivity index (χ1n) is 13.3. The van der Waals surface area contributed by atoms with Crippen LogP contribution in [0.15, 0.2) is 72.8 Å². The molecule has 9 heteroatoms. The summed E-state index contributed by atoms with van der Waals surface area (Å²) in [6, 6.07) is 21.3. The number of benzene rings is 3. The maximum atomic E-state index is 14.1. The second-order valence-electron chi connectivity index (χ2n) is 10.6. The van der Waals surface area contributed by atoms with Crippen LogP contribution < -0.4 is 9.62 Å². The van der Waals surface area contributed by atoms with Crippen molar-refractivity contribution in [2.45, 2.75) is 46.7 Å². The number of amides is 2. The van der Waals surface area contributed by atoms with E-state index in [1.807, 2.05) is 75.4 Å². The van der Waals surface area contributed by atoms with Crippen LogP contribution in [0.3, 0.4) is 0 Å². The summed E-state index contributed by atoms with van der Waals surface area (Å²) in [6.07, 6.45) is 1.33. The smallest absolute Gasteiger partial charge is 0.244 e. The Morgan fingerprint density at radius 3 is 2.23 bits per heavy atom. The molecule has 1 atom stereocenters. The fourth-order valence-electron chi connectivity index (χ4n) is 4.43. The van der Waals surface area contributed by atoms with Crippen LogP contribution in [0.4, 0.5) is 5.69 Å². The van der Waals surface area contributed by atoms with Crippen LogP contribution in [0.5, 0.6) is 0 Å². The molecule has 3 aromatic rings. The van der Waals surface area contributed by atoms with Gasteiger partial charge in [0.1, 0.15) is 12.6 Å². The van der Waals surface area contributed by atoms with E-state index in [1.54, 1.807) is 19.1 Å². The molecule has 0 unspecified atom stereocenters. The molecular weight excluding hydrogens is 546 g/mol. The predicted octanol–water partition coefficient (Wildman–Crippen LogP) is 5.14. The largest absolute Gasteiger partial charge is 0.354 e. The minimum atomic E-state index is -3.87. The zero-order valence-electron chi connectivity index (χ0n) is 23.7. The van der Waals surface area contributed by atoms with Crippen LogP contribution in [0.1, 0.15) is 36.1 Å². The van der Waals surface area contributed by atoms with Gasteiger partial charge >= 0.3 is 0 Å². The van der Waals surface area contributed by atoms with Crippen LogP contribution in [-0.4, -0.2) is 50.5 Å². The maximum Gasteiger partial charge on any atom is 0.244 e. The lowest BCUT2D eigenvalue weighted by atomic mass is 10.0. The predicted molar refractivity (Wildman–Crippen MR) is 162 cm³/mol. The van der Waals surface area contributed by atoms with E-state index in [1.165, 1.54) is 11.0 Å². The first-order chi connectivity index (χ1) is 18.8. The average molecular weight is 584 g/mol. The zero-order valence-corrected chi connectivity index (χ0v) is 25.3. The van der Waals surface area contributed by atoms with Gasteiger partial charge < -0.3 is 10.2 Å². The highest BCUT2D eigenvalue weighted by atomic mass is 35.5. The maximum absolute atomic E-state index is 14.1. The van der Waals surface area contributed by atoms with Gasteiger partial charge in [-0.15, -0.1) is 0 Å². The third-order valence-electron chi connectivity index (χ3n) is 6.51. The molecule has 0 spiro atoms. The molecule has 0 heterocycles. The summed E-state index contributed by atoms with van der Waals surface area (Å²) < 4.78 is 27.0. The van der Waals surface area contributed by atoms with Crippen molar-refractivity contribution >= 4 is 39.1 Å². The fraction of sp³-hybridized carbons (Fsp3) is 0.355. The Labute approximate surface area is 243 Å². The lowest BCUT2D eigenvalue weighted by Gasteiger charge is -2.34. The molecule has 0 aromatic heterocycles. The average Bonchev–Trinajstić information content (AvgIpc) is 2.89. The van der Waals surface area contributed by atoms with Crippen molar-refractivity contribution < 1.29 is 18.0 Å². The Bertz CT molecular complexity index is 1430. The summed E-state index contributed by atoms with van der Waals surface area (Å²) in [5.41, 5.74) is 3.72. The Balaban J connectivity index is 2.07. The van der Waals surface area contributed by atoms with Gasteiger partial charge in [-0.25, -0.2) is 8.42 Å². The Hall–Kier alpha value is -3.36. The lowest BCUT2D eigenvalue weighted by Crippen LogP contribution is -2.53. The van der Waals surface area contributed by atoms with Gasteiger partial charge in [-0.3, -0.25) is 13.9 Å². The van der Waals surface area contributed by atoms with Gasteiger partial charge in [-0.1, -0.05) is 91.7 Å². The summed E-state index contributed by atoms with van der Waals surface area (Å²) in [7, 11) is -3.87. The van der Waals surface area contributed by atoms with Gasteiger partial charge in [-0.2, -0.15) is 0 Å². The highest BCUT2D eigenvalue weighted by Gasteiger charge is 2.33. The number of aryl methyl sites for hydroxylation is 2. The van der Waals surface area contributed by atoms with E-state index in [9.17, 15) is 18.0 Å². The van der Waals surface area contributed by atoms with Gasteiger partial charge in [0.25, 0.3) is 0 Å². The Morgan fingerprint density at radius 2 is 1.60 bits per heavy atom. The van der Waals surface area contributed by atoms with Crippen LogP contribution in [-0.2, 0) is 32.6 Å². The second-order valence-corrected chi connectivity index (χ2v) is 12.9. The van der Waals surface area contributed by atoms with Gasteiger partial charge in [0.15, 0.2) is 0 Å². The normalized spacial score (nSPS) is 12.2. The first-order valence-corrected chi connectivity index (χ1v) is 15.5. The number of anilines is 1. The minimum Gasteiger partial charge on any atom is -0.354 e. The standard InChI is InChI=1S/C31H38ClN3O4S/c1-22(2)19-33-31(37)29(17-25-11-7-6-8-12-25)34(20-26-13-9-10-23(3)16-26)30(36)21-35(40(5,38)39)28-18-27(32)15-14-24(28)4/h6-16,18,22,29H,17,19-21H2,1-5H3,(H,33,37)/t29-/m1/s1. The van der Waals surface area contributed by atoms with E-state index in [-0.39, 0.29) is 24.8 Å². The monoisotopic (exact) mass is 583 g/mol. The number of hydrogen-bond donors (Lipinski definition) is 1. The second kappa shape index (κ2) is 13.8. The summed E-state index contributed by atoms with van der Waals surface area (Å²) in [4.78, 5) is 29.3. The molecule has 7 nitrogen and oxygen atoms in total. The number of carbonyl (C=O) groups excluding carboxylic acids is 2. The molecular formula is C31H38ClN3O4S. The SMILES string of the molecule is Cc1cccc(CN(C(=O)CN(c2cc(Cl)ccc2C)S(C)(=O)=O)[C@H](Cc2ccccc2)C(=O)NCC(C)C)c1. The summed E-state index contributed by atoms with van der Waals surface area (Å²) in [5.74, 6) is -0.566. The molecule has 0 radical (unpaired) electrons. The van der Waals surface area contributed by atoms with Gasteiger partial charge in [0, 0.05) is 24.5 Å².